The van der Waals surface area contributed by atoms with Gasteiger partial charge in [0.1, 0.15) is 63.8 Å². The molecule has 0 aromatic heterocycles. The smallest absolute Gasteiger partial charge is 0.331 e. The molecule has 1 N–H and O–H groups in total. The van der Waals surface area contributed by atoms with E-state index in [1.165, 1.54) is 13.2 Å². The zero-order valence-electron chi connectivity index (χ0n) is 30.6. The van der Waals surface area contributed by atoms with Crippen molar-refractivity contribution in [1.82, 2.24) is 0 Å². The van der Waals surface area contributed by atoms with E-state index in [0.717, 1.165) is 25.7 Å². The number of hydrogen-bond donors (Lipinski definition) is 1. The van der Waals surface area contributed by atoms with Gasteiger partial charge in [0.15, 0.2) is 17.0 Å². The molecular weight excluding hydrogens is 858 g/mol. The molecule has 3 saturated carbocycles. The number of carbonyl (C=O) groups is 3. The minimum Gasteiger partial charge on any atom is -0.455 e. The first-order valence-corrected chi connectivity index (χ1v) is 19.6. The fourth-order valence-corrected chi connectivity index (χ4v) is 11.5. The molecule has 0 aromatic rings. The Hall–Kier alpha value is -0.650. The number of rotatable bonds is 16. The molecule has 0 radical (unpaired) electrons. The second kappa shape index (κ2) is 15.4. The third kappa shape index (κ3) is 6.10. The second-order valence-electron chi connectivity index (χ2n) is 15.5. The Labute approximate surface area is 320 Å². The van der Waals surface area contributed by atoms with Crippen LogP contribution in [0.25, 0.3) is 0 Å². The monoisotopic (exact) mass is 914 g/mol. The molecule has 0 amide bonds. The number of halogens is 2. The van der Waals surface area contributed by atoms with Crippen molar-refractivity contribution in [1.29, 1.82) is 0 Å². The Morgan fingerprint density at radius 2 is 1.71 bits per heavy atom. The fraction of sp³-hybridized carbons (Fsp3) is 0.811. The van der Waals surface area contributed by atoms with E-state index in [0.29, 0.717) is 6.42 Å². The molecule has 12 unspecified atom stereocenters. The number of esters is 2. The molecule has 0 spiro atoms. The van der Waals surface area contributed by atoms with Crippen molar-refractivity contribution in [3.05, 3.63) is 24.3 Å². The van der Waals surface area contributed by atoms with Crippen molar-refractivity contribution in [2.75, 3.05) is 13.7 Å². The lowest BCUT2D eigenvalue weighted by atomic mass is 9.57. The van der Waals surface area contributed by atoms with E-state index < -0.39 is 88.3 Å². The maximum absolute atomic E-state index is 14.5. The van der Waals surface area contributed by atoms with E-state index >= 15 is 0 Å². The van der Waals surface area contributed by atoms with Crippen molar-refractivity contribution in [2.24, 2.45) is 40.9 Å². The molecule has 278 valence electrons. The molecule has 4 fully saturated rings. The SMILES string of the molecule is CCCCC/C=C/C=C/C(=O)OC1C(C)C2(OI)C(C3OC3(CO)C(OI)C(OC)(C(=O)C(C)C)C2C)C2C(C)(C)C12OC(=O)C(C)CC. The van der Waals surface area contributed by atoms with E-state index in [9.17, 15) is 19.5 Å². The van der Waals surface area contributed by atoms with E-state index in [4.69, 9.17) is 25.1 Å². The van der Waals surface area contributed by atoms with Crippen LogP contribution in [0.5, 0.6) is 0 Å². The first-order valence-electron chi connectivity index (χ1n) is 17.8. The summed E-state index contributed by atoms with van der Waals surface area (Å²) >= 11 is 3.66. The maximum atomic E-state index is 14.5. The topological polar surface area (TPSA) is 130 Å². The number of aliphatic hydroxyl groups excluding tert-OH is 1. The number of hydrogen-bond acceptors (Lipinski definition) is 10. The van der Waals surface area contributed by atoms with Crippen molar-refractivity contribution in [3.8, 4) is 0 Å². The van der Waals surface area contributed by atoms with E-state index in [1.807, 2.05) is 76.7 Å². The highest BCUT2D eigenvalue weighted by atomic mass is 127. The molecule has 10 nitrogen and oxygen atoms in total. The number of aliphatic hydroxyl groups is 1. The second-order valence-corrected chi connectivity index (χ2v) is 16.4. The third-order valence-corrected chi connectivity index (χ3v) is 13.9. The Bertz CT molecular complexity index is 1300. The number of methoxy groups -OCH3 is 1. The van der Waals surface area contributed by atoms with Crippen molar-refractivity contribution < 1.29 is 44.6 Å². The molecule has 3 aliphatic carbocycles. The average Bonchev–Trinajstić information content (AvgIpc) is 3.93. The number of Topliss-reactive ketones (excluding diaryl/α,β-unsaturated/α-hetero) is 1. The molecule has 1 aliphatic heterocycles. The van der Waals surface area contributed by atoms with Crippen LogP contribution in [0.4, 0.5) is 0 Å². The molecule has 12 atom stereocenters. The van der Waals surface area contributed by atoms with Gasteiger partial charge in [0.25, 0.3) is 0 Å². The summed E-state index contributed by atoms with van der Waals surface area (Å²) in [5.74, 6) is -4.29. The highest BCUT2D eigenvalue weighted by Crippen LogP contribution is 2.80. The first kappa shape index (κ1) is 41.1. The quantitative estimate of drug-likeness (QED) is 0.0429. The molecule has 1 saturated heterocycles. The van der Waals surface area contributed by atoms with Gasteiger partial charge in [0, 0.05) is 48.2 Å². The summed E-state index contributed by atoms with van der Waals surface area (Å²) in [4.78, 5) is 41.9. The Kier molecular flexibility index (Phi) is 12.9. The lowest BCUT2D eigenvalue weighted by Gasteiger charge is -2.56. The molecule has 0 aromatic carbocycles. The number of ether oxygens (including phenoxy) is 4. The van der Waals surface area contributed by atoms with E-state index in [1.54, 1.807) is 42.9 Å². The van der Waals surface area contributed by atoms with Crippen LogP contribution in [0.2, 0.25) is 0 Å². The van der Waals surface area contributed by atoms with Gasteiger partial charge < -0.3 is 30.2 Å². The van der Waals surface area contributed by atoms with Gasteiger partial charge in [0.2, 0.25) is 0 Å². The van der Waals surface area contributed by atoms with Crippen LogP contribution < -0.4 is 0 Å². The number of carbonyl (C=O) groups excluding carboxylic acids is 3. The molecule has 1 heterocycles. The molecular formula is C37H56I2O10. The van der Waals surface area contributed by atoms with Crippen molar-refractivity contribution in [2.45, 2.75) is 135 Å². The third-order valence-electron chi connectivity index (χ3n) is 12.6. The zero-order valence-corrected chi connectivity index (χ0v) is 34.9. The number of fused-ring (bicyclic) bond motifs is 5. The molecule has 0 bridgehead atoms. The summed E-state index contributed by atoms with van der Waals surface area (Å²) in [7, 11) is 1.48. The summed E-state index contributed by atoms with van der Waals surface area (Å²) < 4.78 is 38.7. The molecule has 49 heavy (non-hydrogen) atoms. The highest BCUT2D eigenvalue weighted by molar-refractivity contribution is 14.1. The van der Waals surface area contributed by atoms with Gasteiger partial charge in [-0.1, -0.05) is 93.4 Å². The van der Waals surface area contributed by atoms with Crippen LogP contribution in [-0.2, 0) is 39.5 Å². The van der Waals surface area contributed by atoms with Crippen LogP contribution in [0, 0.1) is 40.9 Å². The molecule has 4 aliphatic rings. The maximum Gasteiger partial charge on any atom is 0.331 e. The van der Waals surface area contributed by atoms with Gasteiger partial charge in [-0.3, -0.25) is 9.59 Å². The van der Waals surface area contributed by atoms with Crippen LogP contribution >= 0.6 is 46.0 Å². The van der Waals surface area contributed by atoms with Crippen LogP contribution in [0.3, 0.4) is 0 Å². The Balaban J connectivity index is 1.91. The van der Waals surface area contributed by atoms with Crippen LogP contribution in [-0.4, -0.2) is 77.3 Å². The summed E-state index contributed by atoms with van der Waals surface area (Å²) in [6.07, 6.45) is 9.19. The Morgan fingerprint density at radius 3 is 2.24 bits per heavy atom. The van der Waals surface area contributed by atoms with Crippen molar-refractivity contribution >= 4 is 63.7 Å². The van der Waals surface area contributed by atoms with Gasteiger partial charge in [-0.15, -0.1) is 0 Å². The summed E-state index contributed by atoms with van der Waals surface area (Å²) in [6.45, 7) is 17.0. The number of epoxide rings is 1. The summed E-state index contributed by atoms with van der Waals surface area (Å²) in [5, 5.41) is 11.1. The average molecular weight is 915 g/mol. The fourth-order valence-electron chi connectivity index (χ4n) is 9.62. The standard InChI is InChI=1S/C37H56I2O10/c1-11-13-14-15-16-17-18-19-25(41)45-29-23(6)35(49-39)24(7)36(44-10,28(42)21(3)4)32(48-38)34(20-40)30(46-34)26(35)27-33(8,9)37(27,29)47-31(43)22(5)12-2/h16-19,21-24,26-27,29-30,32,40H,11-15,20H2,1-10H3/b17-16+,19-18+. The number of allylic oxidation sites excluding steroid dienone is 3. The minimum absolute atomic E-state index is 0.218. The van der Waals surface area contributed by atoms with Crippen LogP contribution in [0.1, 0.15) is 94.4 Å². The number of ketones is 1. The van der Waals surface area contributed by atoms with Gasteiger partial charge in [0.05, 0.1) is 24.2 Å². The molecule has 4 rings (SSSR count). The van der Waals surface area contributed by atoms with E-state index in [-0.39, 0.29) is 17.7 Å². The zero-order chi connectivity index (χ0) is 36.7. The minimum atomic E-state index is -1.62. The summed E-state index contributed by atoms with van der Waals surface area (Å²) in [6, 6.07) is 0. The molecule has 12 heteroatoms. The largest absolute Gasteiger partial charge is 0.455 e. The lowest BCUT2D eigenvalue weighted by Crippen LogP contribution is -2.71. The first-order chi connectivity index (χ1) is 23.1. The summed E-state index contributed by atoms with van der Waals surface area (Å²) in [5.41, 5.74) is -6.09. The normalized spacial score (nSPS) is 41.1. The van der Waals surface area contributed by atoms with Gasteiger partial charge >= 0.3 is 11.9 Å². The highest BCUT2D eigenvalue weighted by Gasteiger charge is 2.93. The van der Waals surface area contributed by atoms with Crippen LogP contribution in [0.15, 0.2) is 24.3 Å². The number of unbranched alkanes of at least 4 members (excludes halogenated alkanes) is 3. The lowest BCUT2D eigenvalue weighted by molar-refractivity contribution is -0.238. The van der Waals surface area contributed by atoms with Crippen molar-refractivity contribution in [3.63, 3.8) is 0 Å². The van der Waals surface area contributed by atoms with E-state index in [2.05, 4.69) is 6.92 Å². The predicted molar refractivity (Wildman–Crippen MR) is 201 cm³/mol. The van der Waals surface area contributed by atoms with Gasteiger partial charge in [-0.25, -0.2) is 4.79 Å². The van der Waals surface area contributed by atoms with Gasteiger partial charge in [-0.2, -0.15) is 0 Å². The Morgan fingerprint density at radius 1 is 1.04 bits per heavy atom. The van der Waals surface area contributed by atoms with Gasteiger partial charge in [-0.05, 0) is 19.3 Å². The predicted octanol–water partition coefficient (Wildman–Crippen LogP) is 7.07.